The highest BCUT2D eigenvalue weighted by molar-refractivity contribution is 7.57. The van der Waals surface area contributed by atoms with Gasteiger partial charge in [0.05, 0.1) is 0 Å². The molecule has 1 aromatic carbocycles. The molecule has 11 heavy (non-hydrogen) atoms. The molecule has 0 unspecified atom stereocenters. The van der Waals surface area contributed by atoms with E-state index in [0.717, 1.165) is 6.66 Å². The van der Waals surface area contributed by atoms with Crippen LogP contribution in [0.1, 0.15) is 0 Å². The Morgan fingerprint density at radius 2 is 0.818 bits per heavy atom. The molecule has 0 fully saturated rings. The van der Waals surface area contributed by atoms with Crippen LogP contribution >= 0.6 is 7.94 Å². The maximum Gasteiger partial charge on any atom is 0.400 e. The molecule has 62 valence electrons. The van der Waals surface area contributed by atoms with E-state index in [9.17, 15) is 0 Å². The molecule has 0 atom stereocenters. The summed E-state index contributed by atoms with van der Waals surface area (Å²) in [7, 11) is -3.39. The van der Waals surface area contributed by atoms with Crippen molar-refractivity contribution in [3.63, 3.8) is 0 Å². The lowest BCUT2D eigenvalue weighted by Gasteiger charge is -1.88. The molecule has 0 aliphatic heterocycles. The summed E-state index contributed by atoms with van der Waals surface area (Å²) in [4.78, 5) is 23.2. The van der Waals surface area contributed by atoms with Crippen LogP contribution in [-0.4, -0.2) is 21.3 Å². The van der Waals surface area contributed by atoms with Gasteiger partial charge >= 0.3 is 7.94 Å². The van der Waals surface area contributed by atoms with E-state index in [1.54, 1.807) is 0 Å². The van der Waals surface area contributed by atoms with Crippen LogP contribution < -0.4 is 0 Å². The first-order valence-corrected chi connectivity index (χ1v) is 5.14. The van der Waals surface area contributed by atoms with Gasteiger partial charge in [0, 0.05) is 0 Å². The lowest BCUT2D eigenvalue weighted by molar-refractivity contribution is 0.340. The predicted molar refractivity (Wildman–Crippen MR) is 45.9 cm³/mol. The Morgan fingerprint density at radius 3 is 0.909 bits per heavy atom. The standard InChI is InChI=1S/C6H6.CH6O3P/c1-2-4-6-5-3-1;1-5(2,3)4/h1-6H;2-4H,1H3/q;+1. The average Bonchev–Trinajstić information content (AvgIpc) is 1.88. The van der Waals surface area contributed by atoms with Gasteiger partial charge in [-0.05, 0) is 0 Å². The Balaban J connectivity index is 0.000000187. The van der Waals surface area contributed by atoms with E-state index in [1.807, 2.05) is 36.4 Å². The second-order valence-electron chi connectivity index (χ2n) is 2.02. The second kappa shape index (κ2) is 5.22. The summed E-state index contributed by atoms with van der Waals surface area (Å²) in [5.41, 5.74) is 0. The summed E-state index contributed by atoms with van der Waals surface area (Å²) >= 11 is 0. The first-order chi connectivity index (χ1) is 5.00. The smallest absolute Gasteiger partial charge is 0.193 e. The van der Waals surface area contributed by atoms with Crippen molar-refractivity contribution >= 4 is 7.94 Å². The van der Waals surface area contributed by atoms with Gasteiger partial charge in [-0.2, -0.15) is 14.7 Å². The summed E-state index contributed by atoms with van der Waals surface area (Å²) < 4.78 is 0. The van der Waals surface area contributed by atoms with Gasteiger partial charge in [-0.15, -0.1) is 0 Å². The fourth-order valence-corrected chi connectivity index (χ4v) is 0.385. The van der Waals surface area contributed by atoms with Crippen LogP contribution in [0.4, 0.5) is 0 Å². The quantitative estimate of drug-likeness (QED) is 0.516. The predicted octanol–water partition coefficient (Wildman–Crippen LogP) is 1.04. The Hall–Kier alpha value is -0.470. The summed E-state index contributed by atoms with van der Waals surface area (Å²) in [6.45, 7) is 0.965. The van der Waals surface area contributed by atoms with Crippen LogP contribution in [0.15, 0.2) is 36.4 Å². The molecule has 0 spiro atoms. The molecule has 0 bridgehead atoms. The normalized spacial score (nSPS) is 9.82. The maximum absolute atomic E-state index is 7.74. The third-order valence-corrected chi connectivity index (χ3v) is 0.667. The van der Waals surface area contributed by atoms with E-state index in [2.05, 4.69) is 0 Å². The molecule has 3 N–H and O–H groups in total. The van der Waals surface area contributed by atoms with Crippen LogP contribution in [0.2, 0.25) is 0 Å². The molecule has 1 aromatic rings. The largest absolute Gasteiger partial charge is 0.400 e. The van der Waals surface area contributed by atoms with E-state index in [1.165, 1.54) is 0 Å². The highest BCUT2D eigenvalue weighted by Gasteiger charge is 2.17. The van der Waals surface area contributed by atoms with Crippen LogP contribution in [0.25, 0.3) is 0 Å². The maximum atomic E-state index is 7.74. The Kier molecular flexibility index (Phi) is 4.99. The van der Waals surface area contributed by atoms with Gasteiger partial charge in [0.1, 0.15) is 6.66 Å². The second-order valence-corrected chi connectivity index (χ2v) is 3.76. The van der Waals surface area contributed by atoms with Gasteiger partial charge in [0.2, 0.25) is 0 Å². The van der Waals surface area contributed by atoms with Crippen molar-refractivity contribution in [2.75, 3.05) is 6.66 Å². The van der Waals surface area contributed by atoms with Crippen molar-refractivity contribution in [1.29, 1.82) is 0 Å². The third-order valence-electron chi connectivity index (χ3n) is 0.667. The minimum atomic E-state index is -3.39. The zero-order valence-corrected chi connectivity index (χ0v) is 7.15. The number of hydrogen-bond donors (Lipinski definition) is 3. The van der Waals surface area contributed by atoms with Crippen LogP contribution in [-0.2, 0) is 0 Å². The Bertz CT molecular complexity index is 138. The molecule has 0 aromatic heterocycles. The summed E-state index contributed by atoms with van der Waals surface area (Å²) in [6, 6.07) is 12.0. The summed E-state index contributed by atoms with van der Waals surface area (Å²) in [5.74, 6) is 0. The molecule has 0 aliphatic carbocycles. The van der Waals surface area contributed by atoms with Crippen molar-refractivity contribution in [3.8, 4) is 0 Å². The van der Waals surface area contributed by atoms with Crippen LogP contribution in [0.3, 0.4) is 0 Å². The van der Waals surface area contributed by atoms with Crippen LogP contribution in [0, 0.1) is 0 Å². The topological polar surface area (TPSA) is 60.7 Å². The van der Waals surface area contributed by atoms with Gasteiger partial charge in [-0.1, -0.05) is 36.4 Å². The first kappa shape index (κ1) is 10.5. The zero-order valence-electron chi connectivity index (χ0n) is 6.25. The molecule has 3 nitrogen and oxygen atoms in total. The molecule has 0 saturated carbocycles. The van der Waals surface area contributed by atoms with Crippen molar-refractivity contribution in [2.45, 2.75) is 0 Å². The first-order valence-electron chi connectivity index (χ1n) is 3.05. The van der Waals surface area contributed by atoms with E-state index in [4.69, 9.17) is 14.7 Å². The Labute approximate surface area is 66.5 Å². The SMILES string of the molecule is C[P+](O)(O)O.c1ccccc1. The molecule has 1 rings (SSSR count). The van der Waals surface area contributed by atoms with Crippen molar-refractivity contribution < 1.29 is 14.7 Å². The van der Waals surface area contributed by atoms with Crippen molar-refractivity contribution in [3.05, 3.63) is 36.4 Å². The van der Waals surface area contributed by atoms with Gasteiger partial charge < -0.3 is 0 Å². The molecule has 0 aliphatic rings. The van der Waals surface area contributed by atoms with E-state index in [0.29, 0.717) is 0 Å². The van der Waals surface area contributed by atoms with Gasteiger partial charge in [-0.25, -0.2) is 0 Å². The summed E-state index contributed by atoms with van der Waals surface area (Å²) in [5, 5.41) is 0. The molecule has 0 heterocycles. The molecule has 0 saturated heterocycles. The minimum Gasteiger partial charge on any atom is -0.193 e. The highest BCUT2D eigenvalue weighted by atomic mass is 31.2. The monoisotopic (exact) mass is 175 g/mol. The van der Waals surface area contributed by atoms with E-state index in [-0.39, 0.29) is 0 Å². The zero-order chi connectivity index (χ0) is 8.74. The van der Waals surface area contributed by atoms with Gasteiger partial charge in [0.25, 0.3) is 0 Å². The van der Waals surface area contributed by atoms with Crippen molar-refractivity contribution in [2.24, 2.45) is 0 Å². The number of rotatable bonds is 0. The molecular formula is C7H12O3P+. The van der Waals surface area contributed by atoms with Crippen molar-refractivity contribution in [1.82, 2.24) is 0 Å². The summed E-state index contributed by atoms with van der Waals surface area (Å²) in [6.07, 6.45) is 0. The van der Waals surface area contributed by atoms with E-state index < -0.39 is 7.94 Å². The molecular weight excluding hydrogens is 163 g/mol. The van der Waals surface area contributed by atoms with Crippen LogP contribution in [0.5, 0.6) is 0 Å². The third kappa shape index (κ3) is 17.7. The highest BCUT2D eigenvalue weighted by Crippen LogP contribution is 2.38. The lowest BCUT2D eigenvalue weighted by Crippen LogP contribution is -1.78. The van der Waals surface area contributed by atoms with E-state index >= 15 is 0 Å². The minimum absolute atomic E-state index is 0.965. The van der Waals surface area contributed by atoms with Gasteiger partial charge in [0.15, 0.2) is 0 Å². The molecule has 4 heteroatoms. The fourth-order valence-electron chi connectivity index (χ4n) is 0.385. The fraction of sp³-hybridized carbons (Fsp3) is 0.143. The molecule has 0 amide bonds. The van der Waals surface area contributed by atoms with Gasteiger partial charge in [-0.3, -0.25) is 0 Å². The Morgan fingerprint density at radius 1 is 0.727 bits per heavy atom. The average molecular weight is 175 g/mol. The molecule has 0 radical (unpaired) electrons. The number of benzene rings is 1. The lowest BCUT2D eigenvalue weighted by atomic mass is 10.4. The number of hydrogen-bond acceptors (Lipinski definition) is 3.